The number of fused-ring (bicyclic) bond motifs is 16. The molecule has 0 N–H and O–H groups in total. The van der Waals surface area contributed by atoms with E-state index >= 15 is 0 Å². The van der Waals surface area contributed by atoms with Crippen LogP contribution in [-0.4, -0.2) is 0 Å². The highest BCUT2D eigenvalue weighted by molar-refractivity contribution is 6.05. The van der Waals surface area contributed by atoms with E-state index in [1.807, 2.05) is 18.2 Å². The van der Waals surface area contributed by atoms with Crippen LogP contribution in [0.5, 0.6) is 23.0 Å². The number of rotatable bonds is 4. The van der Waals surface area contributed by atoms with Crippen molar-refractivity contribution in [3.05, 3.63) is 228 Å². The largest absolute Gasteiger partial charge is 0.456 e. The van der Waals surface area contributed by atoms with Gasteiger partial charge >= 0.3 is 0 Å². The van der Waals surface area contributed by atoms with Crippen LogP contribution in [0.3, 0.4) is 0 Å². The Bertz CT molecular complexity index is 3230. The summed E-state index contributed by atoms with van der Waals surface area (Å²) < 4.78 is 20.7. The molecule has 3 aliphatic carbocycles. The molecule has 1 aliphatic heterocycles. The number of hydrogen-bond donors (Lipinski definition) is 0. The molecule has 4 aliphatic rings. The third-order valence-electron chi connectivity index (χ3n) is 12.9. The molecule has 13 rings (SSSR count). The summed E-state index contributed by atoms with van der Waals surface area (Å²) in [6, 6.07) is 62.7. The molecule has 4 heteroatoms. The molecule has 0 saturated heterocycles. The summed E-state index contributed by atoms with van der Waals surface area (Å²) in [5, 5.41) is 2.26. The van der Waals surface area contributed by atoms with Crippen LogP contribution in [-0.2, 0) is 5.41 Å². The van der Waals surface area contributed by atoms with Crippen LogP contribution >= 0.6 is 0 Å². The zero-order valence-corrected chi connectivity index (χ0v) is 31.9. The molecule has 1 aromatic heterocycles. The molecule has 1 unspecified atom stereocenters. The average Bonchev–Trinajstić information content (AvgIpc) is 3.93. The van der Waals surface area contributed by atoms with Gasteiger partial charge in [-0.3, -0.25) is 0 Å². The number of anilines is 2. The zero-order chi connectivity index (χ0) is 38.7. The van der Waals surface area contributed by atoms with E-state index in [4.69, 9.17) is 13.9 Å². The van der Waals surface area contributed by atoms with Gasteiger partial charge in [-0.25, -0.2) is 0 Å². The van der Waals surface area contributed by atoms with Crippen molar-refractivity contribution >= 4 is 33.3 Å². The van der Waals surface area contributed by atoms with Crippen LogP contribution in [0.4, 0.5) is 11.4 Å². The molecule has 1 spiro atoms. The third-order valence-corrected chi connectivity index (χ3v) is 12.9. The quantitative estimate of drug-likeness (QED) is 0.179. The van der Waals surface area contributed by atoms with Crippen LogP contribution < -0.4 is 14.4 Å². The summed E-state index contributed by atoms with van der Waals surface area (Å²) in [5.41, 5.74) is 15.5. The Balaban J connectivity index is 0.960. The number of hydrogen-bond acceptors (Lipinski definition) is 4. The van der Waals surface area contributed by atoms with Gasteiger partial charge < -0.3 is 18.8 Å². The molecule has 0 amide bonds. The summed E-state index contributed by atoms with van der Waals surface area (Å²) in [7, 11) is 0. The molecule has 1 atom stereocenters. The molecule has 0 radical (unpaired) electrons. The Labute approximate surface area is 341 Å². The van der Waals surface area contributed by atoms with Crippen molar-refractivity contribution in [1.29, 1.82) is 0 Å². The van der Waals surface area contributed by atoms with Gasteiger partial charge in [0.05, 0.1) is 11.1 Å². The van der Waals surface area contributed by atoms with E-state index in [0.29, 0.717) is 17.2 Å². The molecule has 9 aromatic rings. The lowest BCUT2D eigenvalue weighted by molar-refractivity contribution is 0.361. The minimum absolute atomic E-state index is 0.0543. The fourth-order valence-electron chi connectivity index (χ4n) is 10.5. The number of furan rings is 1. The Kier molecular flexibility index (Phi) is 6.74. The summed E-state index contributed by atoms with van der Waals surface area (Å²) in [4.78, 5) is 2.34. The van der Waals surface area contributed by atoms with E-state index in [-0.39, 0.29) is 5.92 Å². The van der Waals surface area contributed by atoms with Gasteiger partial charge in [0.1, 0.15) is 11.2 Å². The summed E-state index contributed by atoms with van der Waals surface area (Å²) in [5.74, 6) is 2.87. The maximum Gasteiger partial charge on any atom is 0.194 e. The molecule has 0 fully saturated rings. The fourth-order valence-corrected chi connectivity index (χ4v) is 10.5. The van der Waals surface area contributed by atoms with Crippen molar-refractivity contribution < 1.29 is 13.9 Å². The number of para-hydroxylation sites is 3. The number of nitrogens with zero attached hydrogens (tertiary/aromatic N) is 1. The van der Waals surface area contributed by atoms with Gasteiger partial charge in [-0.1, -0.05) is 146 Å². The normalized spacial score (nSPS) is 16.0. The zero-order valence-electron chi connectivity index (χ0n) is 31.9. The van der Waals surface area contributed by atoms with Crippen LogP contribution in [0.15, 0.2) is 204 Å². The number of benzene rings is 8. The minimum Gasteiger partial charge on any atom is -0.456 e. The minimum atomic E-state index is -0.467. The van der Waals surface area contributed by atoms with Crippen molar-refractivity contribution in [3.8, 4) is 45.3 Å². The number of allylic oxidation sites excluding steroid dienone is 4. The molecule has 0 saturated carbocycles. The Morgan fingerprint density at radius 3 is 1.98 bits per heavy atom. The lowest BCUT2D eigenvalue weighted by Gasteiger charge is -2.36. The first-order chi connectivity index (χ1) is 29.3. The fraction of sp³-hybridized carbons (Fsp3) is 0.0545. The third kappa shape index (κ3) is 4.43. The number of ether oxygens (including phenoxy) is 2. The first-order valence-electron chi connectivity index (χ1n) is 20.4. The Morgan fingerprint density at radius 1 is 0.508 bits per heavy atom. The van der Waals surface area contributed by atoms with Crippen LogP contribution in [0.2, 0.25) is 0 Å². The average molecular weight is 758 g/mol. The van der Waals surface area contributed by atoms with Crippen molar-refractivity contribution in [2.45, 2.75) is 17.8 Å². The second-order valence-electron chi connectivity index (χ2n) is 15.8. The molecular formula is C55H35NO3. The van der Waals surface area contributed by atoms with Crippen LogP contribution in [0.1, 0.15) is 40.2 Å². The van der Waals surface area contributed by atoms with Gasteiger partial charge in [-0.15, -0.1) is 0 Å². The molecule has 8 aromatic carbocycles. The smallest absolute Gasteiger partial charge is 0.194 e. The molecular weight excluding hydrogens is 723 g/mol. The van der Waals surface area contributed by atoms with E-state index in [1.54, 1.807) is 0 Å². The second-order valence-corrected chi connectivity index (χ2v) is 15.8. The first kappa shape index (κ1) is 32.5. The maximum absolute atomic E-state index is 7.16. The second kappa shape index (κ2) is 12.2. The summed E-state index contributed by atoms with van der Waals surface area (Å²) >= 11 is 0. The van der Waals surface area contributed by atoms with Gasteiger partial charge in [0.25, 0.3) is 0 Å². The van der Waals surface area contributed by atoms with Gasteiger partial charge in [0.2, 0.25) is 0 Å². The lowest BCUT2D eigenvalue weighted by Crippen LogP contribution is -2.25. The van der Waals surface area contributed by atoms with E-state index in [1.165, 1.54) is 44.5 Å². The Morgan fingerprint density at radius 2 is 1.17 bits per heavy atom. The monoisotopic (exact) mass is 757 g/mol. The lowest BCUT2D eigenvalue weighted by atomic mass is 9.70. The van der Waals surface area contributed by atoms with Crippen molar-refractivity contribution in [1.82, 2.24) is 0 Å². The molecule has 59 heavy (non-hydrogen) atoms. The predicted molar refractivity (Wildman–Crippen MR) is 236 cm³/mol. The summed E-state index contributed by atoms with van der Waals surface area (Å²) in [6.07, 6.45) is 7.50. The van der Waals surface area contributed by atoms with Crippen molar-refractivity contribution in [3.63, 3.8) is 0 Å². The molecule has 2 heterocycles. The van der Waals surface area contributed by atoms with Crippen LogP contribution in [0.25, 0.3) is 44.2 Å². The van der Waals surface area contributed by atoms with Crippen molar-refractivity contribution in [2.24, 2.45) is 0 Å². The van der Waals surface area contributed by atoms with E-state index in [0.717, 1.165) is 56.7 Å². The SMILES string of the molecule is C1=CCC(c2ccc3c(c2)oc2ccccc23)C(N(c2ccccc2)c2cccc3c2Oc2ccc4c(c2O3)-c2ccccc2C42c3ccccc3-c3ccccc32)=C1. The van der Waals surface area contributed by atoms with Gasteiger partial charge in [-0.05, 0) is 99.5 Å². The standard InChI is InChI=1S/C55H35NO3/c1-2-15-35(16-3-1)56(46-25-12-7-17-36(46)34-29-30-40-39-20-8-13-27-48(39)57-51(40)33-34)47-26-14-28-49-53(47)58-50-32-31-45-52(54(50)59-49)41-21-6-11-24-44(41)55(45)42-22-9-4-18-37(42)38-19-5-10-23-43(38)55/h1-16,18-33,36H,17H2. The van der Waals surface area contributed by atoms with Crippen molar-refractivity contribution in [2.75, 3.05) is 4.90 Å². The van der Waals surface area contributed by atoms with Gasteiger partial charge in [0, 0.05) is 33.6 Å². The van der Waals surface area contributed by atoms with E-state index < -0.39 is 5.41 Å². The maximum atomic E-state index is 7.16. The molecule has 0 bridgehead atoms. The van der Waals surface area contributed by atoms with E-state index in [2.05, 4.69) is 181 Å². The Hall–Kier alpha value is -7.56. The highest BCUT2D eigenvalue weighted by Gasteiger charge is 2.53. The van der Waals surface area contributed by atoms with E-state index in [9.17, 15) is 0 Å². The molecule has 4 nitrogen and oxygen atoms in total. The van der Waals surface area contributed by atoms with Crippen LogP contribution in [0, 0.1) is 0 Å². The molecule has 278 valence electrons. The highest BCUT2D eigenvalue weighted by atomic mass is 16.6. The first-order valence-corrected chi connectivity index (χ1v) is 20.4. The topological polar surface area (TPSA) is 34.8 Å². The predicted octanol–water partition coefficient (Wildman–Crippen LogP) is 14.6. The highest BCUT2D eigenvalue weighted by Crippen LogP contribution is 2.66. The summed E-state index contributed by atoms with van der Waals surface area (Å²) in [6.45, 7) is 0. The van der Waals surface area contributed by atoms with Gasteiger partial charge in [-0.2, -0.15) is 0 Å². The van der Waals surface area contributed by atoms with Gasteiger partial charge in [0.15, 0.2) is 23.0 Å².